The van der Waals surface area contributed by atoms with Gasteiger partial charge in [0, 0.05) is 31.5 Å². The Bertz CT molecular complexity index is 1120. The van der Waals surface area contributed by atoms with E-state index in [2.05, 4.69) is 15.4 Å². The van der Waals surface area contributed by atoms with Crippen LogP contribution in [0.15, 0.2) is 39.6 Å². The normalized spacial score (nSPS) is 17.4. The van der Waals surface area contributed by atoms with Gasteiger partial charge in [0.25, 0.3) is 5.91 Å². The summed E-state index contributed by atoms with van der Waals surface area (Å²) in [5, 5.41) is 10.5. The molecule has 0 atom stereocenters. The Labute approximate surface area is 171 Å². The highest BCUT2D eigenvalue weighted by Crippen LogP contribution is 2.40. The molecule has 3 aromatic rings. The Morgan fingerprint density at radius 1 is 1.20 bits per heavy atom. The zero-order chi connectivity index (χ0) is 20.7. The van der Waals surface area contributed by atoms with Gasteiger partial charge in [0.2, 0.25) is 0 Å². The molecular weight excluding hydrogens is 389 g/mol. The molecule has 1 saturated carbocycles. The summed E-state index contributed by atoms with van der Waals surface area (Å²) in [6, 6.07) is 7.91. The zero-order valence-corrected chi connectivity index (χ0v) is 16.4. The lowest BCUT2D eigenvalue weighted by atomic mass is 9.93. The summed E-state index contributed by atoms with van der Waals surface area (Å²) in [5.41, 5.74) is 0.104. The van der Waals surface area contributed by atoms with Crippen molar-refractivity contribution in [2.24, 2.45) is 5.92 Å². The van der Waals surface area contributed by atoms with Gasteiger partial charge in [-0.1, -0.05) is 17.3 Å². The van der Waals surface area contributed by atoms with Crippen LogP contribution in [-0.4, -0.2) is 43.8 Å². The fraction of sp³-hybridized carbons (Fsp3) is 0.429. The number of halogens is 1. The number of carbonyl (C=O) groups is 1. The smallest absolute Gasteiger partial charge is 0.348 e. The molecule has 2 aromatic heterocycles. The first-order chi connectivity index (χ1) is 14.6. The van der Waals surface area contributed by atoms with Crippen LogP contribution in [0.2, 0.25) is 0 Å². The van der Waals surface area contributed by atoms with Crippen molar-refractivity contribution >= 4 is 5.91 Å². The maximum atomic E-state index is 14.2. The van der Waals surface area contributed by atoms with E-state index in [1.54, 1.807) is 29.2 Å². The number of piperidine rings is 1. The Hall–Kier alpha value is -3.23. The predicted molar refractivity (Wildman–Crippen MR) is 105 cm³/mol. The zero-order valence-electron chi connectivity index (χ0n) is 16.4. The standard InChI is InChI=1S/C21H22FN5O3/c22-15-3-1-2-4-17(15)27-19(23-24-21(27)29)11-13-7-9-26(10-8-13)20(28)16-12-18(30-25-16)14-5-6-14/h1-4,12-14H,5-11H2,(H,24,29). The molecule has 1 aliphatic carbocycles. The molecule has 0 unspecified atom stereocenters. The minimum atomic E-state index is -0.471. The van der Waals surface area contributed by atoms with Crippen LogP contribution >= 0.6 is 0 Å². The molecule has 1 amide bonds. The van der Waals surface area contributed by atoms with Gasteiger partial charge >= 0.3 is 5.69 Å². The largest absolute Gasteiger partial charge is 0.360 e. The summed E-state index contributed by atoms with van der Waals surface area (Å²) < 4.78 is 20.8. The lowest BCUT2D eigenvalue weighted by Crippen LogP contribution is -2.39. The summed E-state index contributed by atoms with van der Waals surface area (Å²) in [7, 11) is 0. The van der Waals surface area contributed by atoms with Crippen LogP contribution in [0, 0.1) is 11.7 Å². The van der Waals surface area contributed by atoms with Gasteiger partial charge in [-0.15, -0.1) is 0 Å². The highest BCUT2D eigenvalue weighted by Gasteiger charge is 2.31. The third-order valence-corrected chi connectivity index (χ3v) is 5.94. The lowest BCUT2D eigenvalue weighted by Gasteiger charge is -2.31. The van der Waals surface area contributed by atoms with Crippen molar-refractivity contribution in [1.82, 2.24) is 24.8 Å². The van der Waals surface area contributed by atoms with Gasteiger partial charge < -0.3 is 9.42 Å². The van der Waals surface area contributed by atoms with Crippen molar-refractivity contribution in [2.45, 2.75) is 38.0 Å². The molecule has 0 bridgehead atoms. The Morgan fingerprint density at radius 2 is 1.97 bits per heavy atom. The molecule has 8 nitrogen and oxygen atoms in total. The van der Waals surface area contributed by atoms with E-state index in [4.69, 9.17) is 4.52 Å². The Kier molecular flexibility index (Phi) is 4.72. The van der Waals surface area contributed by atoms with E-state index in [1.165, 1.54) is 10.6 Å². The lowest BCUT2D eigenvalue weighted by molar-refractivity contribution is 0.0679. The van der Waals surface area contributed by atoms with Crippen LogP contribution in [0.5, 0.6) is 0 Å². The first-order valence-electron chi connectivity index (χ1n) is 10.3. The summed E-state index contributed by atoms with van der Waals surface area (Å²) in [4.78, 5) is 26.7. The maximum absolute atomic E-state index is 14.2. The topological polar surface area (TPSA) is 97.0 Å². The number of aromatic amines is 1. The number of amides is 1. The van der Waals surface area contributed by atoms with Crippen molar-refractivity contribution in [3.8, 4) is 5.69 Å². The molecule has 0 radical (unpaired) electrons. The second kappa shape index (κ2) is 7.55. The van der Waals surface area contributed by atoms with E-state index in [0.29, 0.717) is 36.9 Å². The highest BCUT2D eigenvalue weighted by atomic mass is 19.1. The molecule has 1 aliphatic heterocycles. The number of likely N-dealkylation sites (tertiary alicyclic amines) is 1. The van der Waals surface area contributed by atoms with E-state index >= 15 is 0 Å². The van der Waals surface area contributed by atoms with E-state index in [0.717, 1.165) is 31.4 Å². The summed E-state index contributed by atoms with van der Waals surface area (Å²) in [6.45, 7) is 1.20. The molecule has 1 saturated heterocycles. The molecule has 3 heterocycles. The number of hydrogen-bond donors (Lipinski definition) is 1. The molecule has 5 rings (SSSR count). The number of H-pyrrole nitrogens is 1. The van der Waals surface area contributed by atoms with Gasteiger partial charge in [-0.25, -0.2) is 18.9 Å². The minimum absolute atomic E-state index is 0.105. The average Bonchev–Trinajstić information content (AvgIpc) is 3.38. The molecule has 2 fully saturated rings. The quantitative estimate of drug-likeness (QED) is 0.696. The van der Waals surface area contributed by atoms with Crippen LogP contribution in [-0.2, 0) is 6.42 Å². The van der Waals surface area contributed by atoms with E-state index < -0.39 is 11.5 Å². The van der Waals surface area contributed by atoms with Crippen LogP contribution in [0.25, 0.3) is 5.69 Å². The van der Waals surface area contributed by atoms with Gasteiger partial charge in [-0.2, -0.15) is 5.10 Å². The van der Waals surface area contributed by atoms with Crippen LogP contribution in [0.3, 0.4) is 0 Å². The van der Waals surface area contributed by atoms with Crippen molar-refractivity contribution in [3.05, 3.63) is 63.9 Å². The van der Waals surface area contributed by atoms with Crippen molar-refractivity contribution in [2.75, 3.05) is 13.1 Å². The second-order valence-electron chi connectivity index (χ2n) is 8.06. The molecule has 30 heavy (non-hydrogen) atoms. The van der Waals surface area contributed by atoms with E-state index in [-0.39, 0.29) is 17.5 Å². The summed E-state index contributed by atoms with van der Waals surface area (Å²) >= 11 is 0. The monoisotopic (exact) mass is 411 g/mol. The SMILES string of the molecule is O=C(c1cc(C2CC2)on1)N1CCC(Cc2n[nH]c(=O)n2-c2ccccc2F)CC1. The first-order valence-corrected chi connectivity index (χ1v) is 10.3. The number of nitrogens with zero attached hydrogens (tertiary/aromatic N) is 4. The third kappa shape index (κ3) is 3.55. The number of benzene rings is 1. The fourth-order valence-electron chi connectivity index (χ4n) is 4.06. The van der Waals surface area contributed by atoms with Gasteiger partial charge in [0.1, 0.15) is 17.4 Å². The maximum Gasteiger partial charge on any atom is 0.348 e. The van der Waals surface area contributed by atoms with Crippen molar-refractivity contribution in [1.29, 1.82) is 0 Å². The second-order valence-corrected chi connectivity index (χ2v) is 8.06. The van der Waals surface area contributed by atoms with Gasteiger partial charge in [-0.3, -0.25) is 4.79 Å². The number of nitrogens with one attached hydrogen (secondary N) is 1. The number of para-hydroxylation sites is 1. The van der Waals surface area contributed by atoms with Gasteiger partial charge in [-0.05, 0) is 43.7 Å². The third-order valence-electron chi connectivity index (χ3n) is 5.94. The van der Waals surface area contributed by atoms with Crippen LogP contribution < -0.4 is 5.69 Å². The van der Waals surface area contributed by atoms with E-state index in [1.807, 2.05) is 0 Å². The number of hydrogen-bond acceptors (Lipinski definition) is 5. The highest BCUT2D eigenvalue weighted by molar-refractivity contribution is 5.92. The van der Waals surface area contributed by atoms with Gasteiger partial charge in [0.05, 0.1) is 5.69 Å². The minimum Gasteiger partial charge on any atom is -0.360 e. The number of aromatic nitrogens is 4. The molecule has 2 aliphatic rings. The van der Waals surface area contributed by atoms with Crippen molar-refractivity contribution in [3.63, 3.8) is 0 Å². The Balaban J connectivity index is 1.24. The summed E-state index contributed by atoms with van der Waals surface area (Å²) in [5.74, 6) is 1.39. The Morgan fingerprint density at radius 3 is 2.70 bits per heavy atom. The number of carbonyl (C=O) groups excluding carboxylic acids is 1. The molecule has 1 aromatic carbocycles. The molecular formula is C21H22FN5O3. The first kappa shape index (κ1) is 18.8. The molecule has 1 N–H and O–H groups in total. The van der Waals surface area contributed by atoms with E-state index in [9.17, 15) is 14.0 Å². The fourth-order valence-corrected chi connectivity index (χ4v) is 4.06. The predicted octanol–water partition coefficient (Wildman–Crippen LogP) is 2.66. The van der Waals surface area contributed by atoms with Crippen LogP contribution in [0.4, 0.5) is 4.39 Å². The molecule has 9 heteroatoms. The molecule has 0 spiro atoms. The van der Waals surface area contributed by atoms with Crippen molar-refractivity contribution < 1.29 is 13.7 Å². The van der Waals surface area contributed by atoms with Gasteiger partial charge in [0.15, 0.2) is 5.69 Å². The average molecular weight is 411 g/mol. The van der Waals surface area contributed by atoms with Crippen LogP contribution in [0.1, 0.15) is 53.7 Å². The summed E-state index contributed by atoms with van der Waals surface area (Å²) in [6.07, 6.45) is 4.28. The molecule has 156 valence electrons. The number of rotatable bonds is 5.